The number of likely N-dealkylation sites (N-methyl/N-ethyl adjacent to an activating group) is 1. The zero-order valence-corrected chi connectivity index (χ0v) is 15.5. The summed E-state index contributed by atoms with van der Waals surface area (Å²) in [6.07, 6.45) is 6.63. The number of nitrogens with zero attached hydrogens (tertiary/aromatic N) is 3. The Hall–Kier alpha value is -0.810. The highest BCUT2D eigenvalue weighted by molar-refractivity contribution is 5.79. The molecular formula is C18H37N5. The molecule has 5 nitrogen and oxygen atoms in total. The topological polar surface area (TPSA) is 42.9 Å². The average molecular weight is 324 g/mol. The number of hydrogen-bond acceptors (Lipinski definition) is 3. The lowest BCUT2D eigenvalue weighted by molar-refractivity contribution is 0.187. The minimum atomic E-state index is 0.678. The van der Waals surface area contributed by atoms with E-state index in [-0.39, 0.29) is 0 Å². The fraction of sp³-hybridized carbons (Fsp3) is 0.944. The van der Waals surface area contributed by atoms with Crippen molar-refractivity contribution >= 4 is 5.96 Å². The molecule has 2 aliphatic rings. The van der Waals surface area contributed by atoms with Crippen LogP contribution in [0.15, 0.2) is 4.99 Å². The first-order valence-corrected chi connectivity index (χ1v) is 9.67. The summed E-state index contributed by atoms with van der Waals surface area (Å²) in [6.45, 7) is 12.8. The molecule has 2 saturated heterocycles. The molecular weight excluding hydrogens is 286 g/mol. The summed E-state index contributed by atoms with van der Waals surface area (Å²) in [5.41, 5.74) is 0. The standard InChI is InChI=1S/C18H37N5/c1-4-22-13-9-16(10-14-22)8-11-20-18(19-3)21-15-17-7-6-12-23(17)5-2/h16-17H,4-15H2,1-3H3,(H2,19,20,21). The van der Waals surface area contributed by atoms with Crippen molar-refractivity contribution in [2.24, 2.45) is 10.9 Å². The van der Waals surface area contributed by atoms with Crippen LogP contribution >= 0.6 is 0 Å². The van der Waals surface area contributed by atoms with E-state index in [9.17, 15) is 0 Å². The highest BCUT2D eigenvalue weighted by atomic mass is 15.2. The van der Waals surface area contributed by atoms with Gasteiger partial charge in [-0.2, -0.15) is 0 Å². The number of guanidine groups is 1. The van der Waals surface area contributed by atoms with Crippen LogP contribution in [0.25, 0.3) is 0 Å². The van der Waals surface area contributed by atoms with Crippen LogP contribution in [0, 0.1) is 5.92 Å². The van der Waals surface area contributed by atoms with Crippen molar-refractivity contribution in [3.63, 3.8) is 0 Å². The predicted octanol–water partition coefficient (Wildman–Crippen LogP) is 1.76. The molecule has 2 rings (SSSR count). The molecule has 0 aliphatic carbocycles. The highest BCUT2D eigenvalue weighted by Gasteiger charge is 2.23. The highest BCUT2D eigenvalue weighted by Crippen LogP contribution is 2.19. The summed E-state index contributed by atoms with van der Waals surface area (Å²) in [4.78, 5) is 9.51. The molecule has 0 amide bonds. The molecule has 0 spiro atoms. The van der Waals surface area contributed by atoms with Crippen molar-refractivity contribution in [2.45, 2.75) is 52.0 Å². The van der Waals surface area contributed by atoms with Gasteiger partial charge >= 0.3 is 0 Å². The Kier molecular flexibility index (Phi) is 8.17. The van der Waals surface area contributed by atoms with E-state index in [4.69, 9.17) is 0 Å². The van der Waals surface area contributed by atoms with E-state index in [1.54, 1.807) is 0 Å². The van der Waals surface area contributed by atoms with E-state index in [0.29, 0.717) is 6.04 Å². The number of rotatable bonds is 7. The maximum Gasteiger partial charge on any atom is 0.191 e. The van der Waals surface area contributed by atoms with E-state index < -0.39 is 0 Å². The molecule has 134 valence electrons. The summed E-state index contributed by atoms with van der Waals surface area (Å²) in [6, 6.07) is 0.678. The molecule has 23 heavy (non-hydrogen) atoms. The lowest BCUT2D eigenvalue weighted by Crippen LogP contribution is -2.45. The number of piperidine rings is 1. The molecule has 0 saturated carbocycles. The van der Waals surface area contributed by atoms with Crippen LogP contribution in [0.5, 0.6) is 0 Å². The van der Waals surface area contributed by atoms with Gasteiger partial charge in [-0.1, -0.05) is 13.8 Å². The maximum absolute atomic E-state index is 4.38. The lowest BCUT2D eigenvalue weighted by atomic mass is 9.93. The van der Waals surface area contributed by atoms with Crippen molar-refractivity contribution in [3.8, 4) is 0 Å². The fourth-order valence-electron chi connectivity index (χ4n) is 3.96. The molecule has 0 aromatic heterocycles. The van der Waals surface area contributed by atoms with Crippen molar-refractivity contribution in [3.05, 3.63) is 0 Å². The van der Waals surface area contributed by atoms with Crippen LogP contribution in [0.1, 0.15) is 46.0 Å². The molecule has 2 aliphatic heterocycles. The van der Waals surface area contributed by atoms with Crippen LogP contribution in [-0.4, -0.2) is 74.7 Å². The maximum atomic E-state index is 4.38. The summed E-state index contributed by atoms with van der Waals surface area (Å²) in [5, 5.41) is 7.02. The normalized spacial score (nSPS) is 25.0. The second-order valence-electron chi connectivity index (χ2n) is 6.97. The molecule has 1 atom stereocenters. The van der Waals surface area contributed by atoms with Crippen molar-refractivity contribution in [1.82, 2.24) is 20.4 Å². The summed E-state index contributed by atoms with van der Waals surface area (Å²) < 4.78 is 0. The van der Waals surface area contributed by atoms with E-state index in [0.717, 1.165) is 31.5 Å². The van der Waals surface area contributed by atoms with Gasteiger partial charge in [0.2, 0.25) is 0 Å². The fourth-order valence-corrected chi connectivity index (χ4v) is 3.96. The van der Waals surface area contributed by atoms with Crippen LogP contribution < -0.4 is 10.6 Å². The predicted molar refractivity (Wildman–Crippen MR) is 99.1 cm³/mol. The van der Waals surface area contributed by atoms with E-state index in [1.165, 1.54) is 58.3 Å². The Morgan fingerprint density at radius 1 is 1.04 bits per heavy atom. The lowest BCUT2D eigenvalue weighted by Gasteiger charge is -2.31. The van der Waals surface area contributed by atoms with Gasteiger partial charge in [0.05, 0.1) is 0 Å². The minimum Gasteiger partial charge on any atom is -0.356 e. The van der Waals surface area contributed by atoms with Crippen LogP contribution in [0.3, 0.4) is 0 Å². The summed E-state index contributed by atoms with van der Waals surface area (Å²) >= 11 is 0. The van der Waals surface area contributed by atoms with Gasteiger partial charge in [0.1, 0.15) is 0 Å². The molecule has 0 bridgehead atoms. The van der Waals surface area contributed by atoms with Crippen molar-refractivity contribution in [1.29, 1.82) is 0 Å². The third kappa shape index (κ3) is 5.96. The SMILES string of the molecule is CCN1CCC(CCNC(=NC)NCC2CCCN2CC)CC1. The second-order valence-corrected chi connectivity index (χ2v) is 6.97. The van der Waals surface area contributed by atoms with Gasteiger partial charge in [-0.05, 0) is 70.7 Å². The first-order valence-electron chi connectivity index (χ1n) is 9.67. The molecule has 0 radical (unpaired) electrons. The molecule has 0 aromatic rings. The molecule has 1 unspecified atom stereocenters. The van der Waals surface area contributed by atoms with Gasteiger partial charge in [0.25, 0.3) is 0 Å². The van der Waals surface area contributed by atoms with E-state index in [2.05, 4.69) is 39.3 Å². The molecule has 5 heteroatoms. The Morgan fingerprint density at radius 3 is 2.48 bits per heavy atom. The van der Waals surface area contributed by atoms with Gasteiger partial charge in [-0.15, -0.1) is 0 Å². The average Bonchev–Trinajstić information content (AvgIpc) is 3.06. The van der Waals surface area contributed by atoms with Gasteiger partial charge in [0.15, 0.2) is 5.96 Å². The van der Waals surface area contributed by atoms with Crippen molar-refractivity contribution < 1.29 is 0 Å². The zero-order chi connectivity index (χ0) is 16.5. The van der Waals surface area contributed by atoms with Crippen LogP contribution in [0.4, 0.5) is 0 Å². The Bertz CT molecular complexity index is 349. The van der Waals surface area contributed by atoms with Gasteiger partial charge in [0, 0.05) is 26.2 Å². The summed E-state index contributed by atoms with van der Waals surface area (Å²) in [7, 11) is 1.88. The van der Waals surface area contributed by atoms with Crippen LogP contribution in [0.2, 0.25) is 0 Å². The van der Waals surface area contributed by atoms with Crippen molar-refractivity contribution in [2.75, 3.05) is 52.9 Å². The third-order valence-corrected chi connectivity index (χ3v) is 5.63. The Balaban J connectivity index is 1.60. The largest absolute Gasteiger partial charge is 0.356 e. The van der Waals surface area contributed by atoms with Gasteiger partial charge in [-0.25, -0.2) is 0 Å². The quantitative estimate of drug-likeness (QED) is 0.553. The number of hydrogen-bond donors (Lipinski definition) is 2. The Labute approximate surface area is 142 Å². The number of aliphatic imine (C=N–C) groups is 1. The third-order valence-electron chi connectivity index (χ3n) is 5.63. The van der Waals surface area contributed by atoms with Gasteiger partial charge < -0.3 is 15.5 Å². The Morgan fingerprint density at radius 2 is 1.83 bits per heavy atom. The smallest absolute Gasteiger partial charge is 0.191 e. The second kappa shape index (κ2) is 10.1. The number of nitrogens with one attached hydrogen (secondary N) is 2. The monoisotopic (exact) mass is 323 g/mol. The first kappa shape index (κ1) is 18.5. The minimum absolute atomic E-state index is 0.678. The first-order chi connectivity index (χ1) is 11.3. The summed E-state index contributed by atoms with van der Waals surface area (Å²) in [5.74, 6) is 1.85. The van der Waals surface area contributed by atoms with E-state index >= 15 is 0 Å². The molecule has 2 N–H and O–H groups in total. The molecule has 2 heterocycles. The molecule has 2 fully saturated rings. The zero-order valence-electron chi connectivity index (χ0n) is 15.5. The van der Waals surface area contributed by atoms with Crippen LogP contribution in [-0.2, 0) is 0 Å². The molecule has 0 aromatic carbocycles. The van der Waals surface area contributed by atoms with Gasteiger partial charge in [-0.3, -0.25) is 9.89 Å². The number of likely N-dealkylation sites (tertiary alicyclic amines) is 2. The van der Waals surface area contributed by atoms with E-state index in [1.807, 2.05) is 7.05 Å².